The van der Waals surface area contributed by atoms with Crippen LogP contribution in [0.15, 0.2) is 52.3 Å². The summed E-state index contributed by atoms with van der Waals surface area (Å²) in [7, 11) is 0. The van der Waals surface area contributed by atoms with E-state index in [1.165, 1.54) is 26.5 Å². The van der Waals surface area contributed by atoms with Crippen LogP contribution in [0.5, 0.6) is 0 Å². The highest BCUT2D eigenvalue weighted by Gasteiger charge is 2.13. The van der Waals surface area contributed by atoms with Gasteiger partial charge in [0.1, 0.15) is 0 Å². The lowest BCUT2D eigenvalue weighted by molar-refractivity contribution is 0.590. The first-order valence-corrected chi connectivity index (χ1v) is 7.80. The summed E-state index contributed by atoms with van der Waals surface area (Å²) in [5, 5.41) is 0. The van der Waals surface area contributed by atoms with E-state index < -0.39 is 0 Å². The number of hydrogen-bond acceptors (Lipinski definition) is 2. The quantitative estimate of drug-likeness (QED) is 0.867. The summed E-state index contributed by atoms with van der Waals surface area (Å²) in [4.78, 5) is 2.56. The topological polar surface area (TPSA) is 26.0 Å². The summed E-state index contributed by atoms with van der Waals surface area (Å²) >= 11 is 1.80. The van der Waals surface area contributed by atoms with Gasteiger partial charge in [0.25, 0.3) is 0 Å². The van der Waals surface area contributed by atoms with Crippen molar-refractivity contribution in [2.24, 2.45) is 5.73 Å². The second-order valence-corrected chi connectivity index (χ2v) is 7.23. The zero-order valence-corrected chi connectivity index (χ0v) is 13.6. The first-order valence-electron chi connectivity index (χ1n) is 6.99. The van der Waals surface area contributed by atoms with Crippen LogP contribution in [0.3, 0.4) is 0 Å². The third kappa shape index (κ3) is 3.44. The summed E-state index contributed by atoms with van der Waals surface area (Å²) in [5.41, 5.74) is 9.92. The van der Waals surface area contributed by atoms with Crippen LogP contribution in [0.2, 0.25) is 0 Å². The summed E-state index contributed by atoms with van der Waals surface area (Å²) in [6, 6.07) is 15.2. The van der Waals surface area contributed by atoms with Gasteiger partial charge in [0, 0.05) is 16.3 Å². The molecule has 0 amide bonds. The van der Waals surface area contributed by atoms with Crippen LogP contribution < -0.4 is 5.73 Å². The normalized spacial score (nSPS) is 11.7. The van der Waals surface area contributed by atoms with Crippen molar-refractivity contribution >= 4 is 11.8 Å². The fourth-order valence-corrected chi connectivity index (χ4v) is 3.18. The van der Waals surface area contributed by atoms with Crippen LogP contribution in [0.1, 0.15) is 37.5 Å². The Bertz CT molecular complexity index is 579. The van der Waals surface area contributed by atoms with E-state index in [9.17, 15) is 0 Å². The van der Waals surface area contributed by atoms with Crippen LogP contribution in [-0.4, -0.2) is 0 Å². The van der Waals surface area contributed by atoms with Gasteiger partial charge < -0.3 is 5.73 Å². The van der Waals surface area contributed by atoms with Crippen LogP contribution in [0, 0.1) is 6.92 Å². The van der Waals surface area contributed by atoms with Gasteiger partial charge in [-0.1, -0.05) is 62.9 Å². The average Bonchev–Trinajstić information content (AvgIpc) is 2.40. The van der Waals surface area contributed by atoms with E-state index in [4.69, 9.17) is 5.73 Å². The molecule has 0 heterocycles. The maximum atomic E-state index is 5.84. The Balaban J connectivity index is 2.27. The van der Waals surface area contributed by atoms with E-state index in [0.29, 0.717) is 6.54 Å². The molecule has 0 unspecified atom stereocenters. The van der Waals surface area contributed by atoms with E-state index in [1.807, 2.05) is 0 Å². The molecular weight excluding hydrogens is 262 g/mol. The first kappa shape index (κ1) is 15.1. The molecule has 0 saturated carbocycles. The molecular formula is C18H23NS. The van der Waals surface area contributed by atoms with Crippen LogP contribution in [0.25, 0.3) is 0 Å². The lowest BCUT2D eigenvalue weighted by atomic mass is 9.87. The molecule has 0 saturated heterocycles. The Morgan fingerprint density at radius 1 is 1.00 bits per heavy atom. The number of rotatable bonds is 3. The van der Waals surface area contributed by atoms with Gasteiger partial charge in [-0.2, -0.15) is 0 Å². The molecule has 0 atom stereocenters. The highest BCUT2D eigenvalue weighted by Crippen LogP contribution is 2.34. The molecule has 0 aromatic heterocycles. The van der Waals surface area contributed by atoms with Gasteiger partial charge >= 0.3 is 0 Å². The lowest BCUT2D eigenvalue weighted by Gasteiger charge is -2.19. The second kappa shape index (κ2) is 6.02. The summed E-state index contributed by atoms with van der Waals surface area (Å²) in [6.07, 6.45) is 0. The fourth-order valence-electron chi connectivity index (χ4n) is 2.16. The summed E-state index contributed by atoms with van der Waals surface area (Å²) in [5.74, 6) is 0. The smallest absolute Gasteiger partial charge is 0.0196 e. The van der Waals surface area contributed by atoms with E-state index in [2.05, 4.69) is 70.2 Å². The molecule has 20 heavy (non-hydrogen) atoms. The number of nitrogens with two attached hydrogens (primary N) is 1. The number of aryl methyl sites for hydroxylation is 1. The number of benzene rings is 2. The lowest BCUT2D eigenvalue weighted by Crippen LogP contribution is -2.10. The molecule has 2 aromatic carbocycles. The Kier molecular flexibility index (Phi) is 4.56. The van der Waals surface area contributed by atoms with Crippen molar-refractivity contribution in [3.8, 4) is 0 Å². The maximum Gasteiger partial charge on any atom is 0.0196 e. The van der Waals surface area contributed by atoms with Gasteiger partial charge in [-0.25, -0.2) is 0 Å². The molecule has 2 rings (SSSR count). The molecule has 0 aliphatic rings. The van der Waals surface area contributed by atoms with Crippen LogP contribution in [0.4, 0.5) is 0 Å². The molecule has 0 bridgehead atoms. The average molecular weight is 285 g/mol. The maximum absolute atomic E-state index is 5.84. The molecule has 0 aliphatic carbocycles. The highest BCUT2D eigenvalue weighted by molar-refractivity contribution is 7.99. The highest BCUT2D eigenvalue weighted by atomic mass is 32.2. The van der Waals surface area contributed by atoms with Crippen molar-refractivity contribution in [1.82, 2.24) is 0 Å². The van der Waals surface area contributed by atoms with E-state index in [0.717, 1.165) is 0 Å². The minimum atomic E-state index is 0.203. The fraction of sp³-hybridized carbons (Fsp3) is 0.333. The molecule has 2 heteroatoms. The second-order valence-electron chi connectivity index (χ2n) is 6.14. The van der Waals surface area contributed by atoms with E-state index >= 15 is 0 Å². The van der Waals surface area contributed by atoms with Crippen LogP contribution in [-0.2, 0) is 12.0 Å². The van der Waals surface area contributed by atoms with Gasteiger partial charge in [0.05, 0.1) is 0 Å². The van der Waals surface area contributed by atoms with Gasteiger partial charge in [-0.05, 0) is 41.2 Å². The minimum absolute atomic E-state index is 0.203. The largest absolute Gasteiger partial charge is 0.326 e. The van der Waals surface area contributed by atoms with Gasteiger partial charge in [0.15, 0.2) is 0 Å². The van der Waals surface area contributed by atoms with Crippen LogP contribution >= 0.6 is 11.8 Å². The predicted molar refractivity (Wildman–Crippen MR) is 88.3 cm³/mol. The van der Waals surface area contributed by atoms with Crippen molar-refractivity contribution in [1.29, 1.82) is 0 Å². The van der Waals surface area contributed by atoms with Crippen molar-refractivity contribution in [2.45, 2.75) is 49.4 Å². The van der Waals surface area contributed by atoms with Crippen molar-refractivity contribution in [2.75, 3.05) is 0 Å². The molecule has 0 spiro atoms. The van der Waals surface area contributed by atoms with Crippen molar-refractivity contribution < 1.29 is 0 Å². The molecule has 0 radical (unpaired) electrons. The van der Waals surface area contributed by atoms with E-state index in [1.54, 1.807) is 11.8 Å². The molecule has 106 valence electrons. The minimum Gasteiger partial charge on any atom is -0.326 e. The zero-order valence-electron chi connectivity index (χ0n) is 12.7. The molecule has 2 aromatic rings. The van der Waals surface area contributed by atoms with Gasteiger partial charge in [-0.15, -0.1) is 0 Å². The van der Waals surface area contributed by atoms with Gasteiger partial charge in [0.2, 0.25) is 0 Å². The Hall–Kier alpha value is -1.25. The Morgan fingerprint density at radius 2 is 1.65 bits per heavy atom. The summed E-state index contributed by atoms with van der Waals surface area (Å²) < 4.78 is 0. The molecule has 0 aliphatic heterocycles. The van der Waals surface area contributed by atoms with Crippen molar-refractivity contribution in [3.63, 3.8) is 0 Å². The summed E-state index contributed by atoms with van der Waals surface area (Å²) in [6.45, 7) is 9.45. The monoisotopic (exact) mass is 285 g/mol. The van der Waals surface area contributed by atoms with Crippen molar-refractivity contribution in [3.05, 3.63) is 59.2 Å². The third-order valence-corrected chi connectivity index (χ3v) is 4.75. The van der Waals surface area contributed by atoms with E-state index in [-0.39, 0.29) is 5.41 Å². The molecule has 1 nitrogen and oxygen atoms in total. The third-order valence-electron chi connectivity index (χ3n) is 3.45. The predicted octanol–water partition coefficient (Wildman–Crippen LogP) is 4.90. The number of hydrogen-bond donors (Lipinski definition) is 1. The van der Waals surface area contributed by atoms with Gasteiger partial charge in [-0.3, -0.25) is 0 Å². The Labute approximate surface area is 126 Å². The Morgan fingerprint density at radius 3 is 2.20 bits per heavy atom. The standard InChI is InChI=1S/C18H23NS/c1-13-6-5-7-14(12-19)17(13)20-16-10-8-15(9-11-16)18(2,3)4/h5-11H,12,19H2,1-4H3. The zero-order chi connectivity index (χ0) is 14.8. The molecule has 0 fully saturated rings. The SMILES string of the molecule is Cc1cccc(CN)c1Sc1ccc(C(C)(C)C)cc1. The molecule has 2 N–H and O–H groups in total. The first-order chi connectivity index (χ1) is 9.41.